The first-order valence-electron chi connectivity index (χ1n) is 7.12. The number of carbonyl (C=O) groups excluding carboxylic acids is 2. The topological polar surface area (TPSA) is 90.3 Å². The van der Waals surface area contributed by atoms with Crippen molar-refractivity contribution >= 4 is 29.3 Å². The van der Waals surface area contributed by atoms with E-state index in [1.807, 2.05) is 0 Å². The van der Waals surface area contributed by atoms with E-state index in [1.165, 1.54) is 35.4 Å². The van der Waals surface area contributed by atoms with Crippen molar-refractivity contribution in [3.05, 3.63) is 59.7 Å². The molecule has 2 aromatic rings. The highest BCUT2D eigenvalue weighted by molar-refractivity contribution is 7.99. The van der Waals surface area contributed by atoms with E-state index >= 15 is 0 Å². The van der Waals surface area contributed by atoms with E-state index in [0.717, 1.165) is 11.8 Å². The molecule has 1 aromatic heterocycles. The van der Waals surface area contributed by atoms with Gasteiger partial charge in [-0.3, -0.25) is 9.59 Å². The van der Waals surface area contributed by atoms with Crippen LogP contribution in [0, 0.1) is 11.0 Å². The Kier molecular flexibility index (Phi) is 6.14. The molecule has 1 heterocycles. The SMILES string of the molecule is NC(=O)CCN(C(=O)CSc1cccc[n+]1[O-])c1ccc(F)cc1. The number of amides is 2. The lowest BCUT2D eigenvalue weighted by molar-refractivity contribution is -0.645. The van der Waals surface area contributed by atoms with E-state index < -0.39 is 11.7 Å². The van der Waals surface area contributed by atoms with Gasteiger partial charge in [0.25, 0.3) is 5.03 Å². The molecular formula is C16H16FN3O3S. The van der Waals surface area contributed by atoms with Crippen LogP contribution in [0.1, 0.15) is 6.42 Å². The van der Waals surface area contributed by atoms with E-state index in [9.17, 15) is 19.2 Å². The molecule has 2 rings (SSSR count). The summed E-state index contributed by atoms with van der Waals surface area (Å²) in [5.74, 6) is -1.27. The smallest absolute Gasteiger partial charge is 0.251 e. The summed E-state index contributed by atoms with van der Waals surface area (Å²) < 4.78 is 13.7. The Morgan fingerprint density at radius 1 is 1.21 bits per heavy atom. The van der Waals surface area contributed by atoms with Crippen LogP contribution in [0.25, 0.3) is 0 Å². The Morgan fingerprint density at radius 3 is 2.54 bits per heavy atom. The predicted octanol–water partition coefficient (Wildman–Crippen LogP) is 1.46. The minimum absolute atomic E-state index is 0.00237. The molecule has 0 fully saturated rings. The molecule has 0 bridgehead atoms. The molecule has 0 saturated heterocycles. The van der Waals surface area contributed by atoms with Gasteiger partial charge in [0.1, 0.15) is 5.82 Å². The fourth-order valence-corrected chi connectivity index (χ4v) is 2.77. The molecule has 0 radical (unpaired) electrons. The number of rotatable bonds is 7. The second-order valence-corrected chi connectivity index (χ2v) is 5.89. The van der Waals surface area contributed by atoms with Gasteiger partial charge in [0.2, 0.25) is 11.8 Å². The predicted molar refractivity (Wildman–Crippen MR) is 88.7 cm³/mol. The van der Waals surface area contributed by atoms with Crippen molar-refractivity contribution in [2.75, 3.05) is 17.2 Å². The van der Waals surface area contributed by atoms with Crippen LogP contribution in [0.5, 0.6) is 0 Å². The van der Waals surface area contributed by atoms with Crippen molar-refractivity contribution in [2.24, 2.45) is 5.73 Å². The number of nitrogens with two attached hydrogens (primary N) is 1. The van der Waals surface area contributed by atoms with Gasteiger partial charge in [0, 0.05) is 30.8 Å². The first-order valence-corrected chi connectivity index (χ1v) is 8.11. The summed E-state index contributed by atoms with van der Waals surface area (Å²) in [7, 11) is 0. The molecule has 0 atom stereocenters. The number of aromatic nitrogens is 1. The third-order valence-electron chi connectivity index (χ3n) is 3.15. The van der Waals surface area contributed by atoms with Crippen LogP contribution < -0.4 is 15.4 Å². The van der Waals surface area contributed by atoms with E-state index in [-0.39, 0.29) is 24.6 Å². The van der Waals surface area contributed by atoms with E-state index in [4.69, 9.17) is 5.73 Å². The van der Waals surface area contributed by atoms with E-state index in [0.29, 0.717) is 15.4 Å². The van der Waals surface area contributed by atoms with Crippen molar-refractivity contribution in [1.82, 2.24) is 0 Å². The van der Waals surface area contributed by atoms with Crippen molar-refractivity contribution in [3.8, 4) is 0 Å². The molecule has 0 aliphatic rings. The average molecular weight is 349 g/mol. The number of hydrogen-bond donors (Lipinski definition) is 1. The third-order valence-corrected chi connectivity index (χ3v) is 4.16. The van der Waals surface area contributed by atoms with E-state index in [2.05, 4.69) is 0 Å². The highest BCUT2D eigenvalue weighted by Gasteiger charge is 2.18. The molecule has 2 N–H and O–H groups in total. The minimum Gasteiger partial charge on any atom is -0.618 e. The summed E-state index contributed by atoms with van der Waals surface area (Å²) in [5, 5.41) is 12.0. The van der Waals surface area contributed by atoms with Crippen LogP contribution in [-0.2, 0) is 9.59 Å². The van der Waals surface area contributed by atoms with Gasteiger partial charge < -0.3 is 15.8 Å². The first kappa shape index (κ1) is 17.7. The molecule has 0 aliphatic carbocycles. The largest absolute Gasteiger partial charge is 0.618 e. The van der Waals surface area contributed by atoms with Crippen molar-refractivity contribution < 1.29 is 18.7 Å². The minimum atomic E-state index is -0.539. The summed E-state index contributed by atoms with van der Waals surface area (Å²) in [4.78, 5) is 24.8. The van der Waals surface area contributed by atoms with Gasteiger partial charge in [0.05, 0.1) is 5.75 Å². The van der Waals surface area contributed by atoms with Crippen LogP contribution >= 0.6 is 11.8 Å². The fourth-order valence-electron chi connectivity index (χ4n) is 1.98. The molecule has 1 aromatic carbocycles. The molecule has 0 unspecified atom stereocenters. The van der Waals surface area contributed by atoms with Gasteiger partial charge >= 0.3 is 0 Å². The van der Waals surface area contributed by atoms with Crippen molar-refractivity contribution in [1.29, 1.82) is 0 Å². The molecule has 6 nitrogen and oxygen atoms in total. The molecule has 8 heteroatoms. The maximum atomic E-state index is 13.1. The highest BCUT2D eigenvalue weighted by Crippen LogP contribution is 2.19. The maximum Gasteiger partial charge on any atom is 0.251 e. The van der Waals surface area contributed by atoms with Gasteiger partial charge in [-0.05, 0) is 42.1 Å². The number of benzene rings is 1. The number of anilines is 1. The number of carbonyl (C=O) groups is 2. The number of halogens is 1. The number of primary amides is 1. The van der Waals surface area contributed by atoms with Crippen LogP contribution in [0.15, 0.2) is 53.7 Å². The Labute approximate surface area is 142 Å². The summed E-state index contributed by atoms with van der Waals surface area (Å²) in [5.41, 5.74) is 5.61. The van der Waals surface area contributed by atoms with Gasteiger partial charge in [-0.15, -0.1) is 0 Å². The Bertz CT molecular complexity index is 725. The third kappa shape index (κ3) is 4.95. The molecule has 2 amide bonds. The highest BCUT2D eigenvalue weighted by atomic mass is 32.2. The van der Waals surface area contributed by atoms with Gasteiger partial charge in [-0.2, -0.15) is 4.73 Å². The monoisotopic (exact) mass is 349 g/mol. The zero-order valence-electron chi connectivity index (χ0n) is 12.7. The first-order chi connectivity index (χ1) is 11.5. The van der Waals surface area contributed by atoms with Gasteiger partial charge in [-0.1, -0.05) is 0 Å². The second kappa shape index (κ2) is 8.30. The Morgan fingerprint density at radius 2 is 1.92 bits per heavy atom. The molecule has 0 spiro atoms. The second-order valence-electron chi connectivity index (χ2n) is 4.89. The summed E-state index contributed by atoms with van der Waals surface area (Å²) in [6.45, 7) is 0.0898. The molecule has 24 heavy (non-hydrogen) atoms. The van der Waals surface area contributed by atoms with Crippen molar-refractivity contribution in [3.63, 3.8) is 0 Å². The maximum absolute atomic E-state index is 13.1. The number of hydrogen-bond acceptors (Lipinski definition) is 4. The van der Waals surface area contributed by atoms with Crippen LogP contribution in [0.3, 0.4) is 0 Å². The Hall–Kier alpha value is -2.61. The molecular weight excluding hydrogens is 333 g/mol. The number of nitrogens with zero attached hydrogens (tertiary/aromatic N) is 2. The zero-order valence-corrected chi connectivity index (χ0v) is 13.5. The fraction of sp³-hybridized carbons (Fsp3) is 0.188. The van der Waals surface area contributed by atoms with Gasteiger partial charge in [-0.25, -0.2) is 4.39 Å². The quantitative estimate of drug-likeness (QED) is 0.465. The van der Waals surface area contributed by atoms with Crippen LogP contribution in [-0.4, -0.2) is 24.1 Å². The van der Waals surface area contributed by atoms with E-state index in [1.54, 1.807) is 18.2 Å². The lowest BCUT2D eigenvalue weighted by atomic mass is 10.2. The van der Waals surface area contributed by atoms with Gasteiger partial charge in [0.15, 0.2) is 6.20 Å². The number of pyridine rings is 1. The lowest BCUT2D eigenvalue weighted by Gasteiger charge is -2.22. The van der Waals surface area contributed by atoms with Crippen LogP contribution in [0.2, 0.25) is 0 Å². The zero-order chi connectivity index (χ0) is 17.5. The number of thioether (sulfide) groups is 1. The lowest BCUT2D eigenvalue weighted by Crippen LogP contribution is -2.36. The summed E-state index contributed by atoms with van der Waals surface area (Å²) >= 11 is 1.08. The molecule has 0 saturated carbocycles. The molecule has 0 aliphatic heterocycles. The molecule has 126 valence electrons. The standard InChI is InChI=1S/C16H16FN3O3S/c17-12-4-6-13(7-5-12)19(10-8-14(18)21)15(22)11-24-16-3-1-2-9-20(16)23/h1-7,9H,8,10-11H2,(H2,18,21). The summed E-state index contributed by atoms with van der Waals surface area (Å²) in [6.07, 6.45) is 1.33. The normalized spacial score (nSPS) is 10.4. The average Bonchev–Trinajstić information content (AvgIpc) is 2.55. The van der Waals surface area contributed by atoms with Crippen LogP contribution in [0.4, 0.5) is 10.1 Å². The Balaban J connectivity index is 2.10. The summed E-state index contributed by atoms with van der Waals surface area (Å²) in [6, 6.07) is 10.3. The van der Waals surface area contributed by atoms with Crippen molar-refractivity contribution in [2.45, 2.75) is 11.4 Å².